The highest BCUT2D eigenvalue weighted by Crippen LogP contribution is 2.23. The van der Waals surface area contributed by atoms with Gasteiger partial charge in [0.15, 0.2) is 0 Å². The van der Waals surface area contributed by atoms with E-state index in [9.17, 15) is 4.39 Å². The number of nitrogens with two attached hydrogens (primary N) is 1. The van der Waals surface area contributed by atoms with Gasteiger partial charge in [-0.25, -0.2) is 10.3 Å². The minimum atomic E-state index is -0.485. The summed E-state index contributed by atoms with van der Waals surface area (Å²) in [7, 11) is 0. The molecule has 0 saturated heterocycles. The predicted molar refractivity (Wildman–Crippen MR) is 75.6 cm³/mol. The van der Waals surface area contributed by atoms with E-state index in [-0.39, 0.29) is 5.82 Å². The summed E-state index contributed by atoms with van der Waals surface area (Å²) < 4.78 is 19.4. The second-order valence-electron chi connectivity index (χ2n) is 4.74. The van der Waals surface area contributed by atoms with Crippen molar-refractivity contribution in [3.63, 3.8) is 0 Å². The highest BCUT2D eigenvalue weighted by molar-refractivity contribution is 5.30. The fourth-order valence-electron chi connectivity index (χ4n) is 1.85. The van der Waals surface area contributed by atoms with Crippen LogP contribution in [0.4, 0.5) is 4.39 Å². The number of hydrogen-bond donors (Lipinski definition) is 1. The summed E-state index contributed by atoms with van der Waals surface area (Å²) in [6.07, 6.45) is -0.485. The number of halogens is 1. The molecular weight excluding hydrogens is 257 g/mol. The molecule has 0 radical (unpaired) electrons. The Kier molecular flexibility index (Phi) is 4.71. The summed E-state index contributed by atoms with van der Waals surface area (Å²) in [6, 6.07) is 12.7. The molecule has 3 nitrogen and oxygen atoms in total. The van der Waals surface area contributed by atoms with Crippen molar-refractivity contribution >= 4 is 0 Å². The van der Waals surface area contributed by atoms with E-state index >= 15 is 0 Å². The van der Waals surface area contributed by atoms with Crippen LogP contribution in [0.25, 0.3) is 0 Å². The molecule has 0 fully saturated rings. The van der Waals surface area contributed by atoms with Gasteiger partial charge < -0.3 is 4.74 Å². The molecule has 1 atom stereocenters. The predicted octanol–water partition coefficient (Wildman–Crippen LogP) is 3.66. The standard InChI is InChI=1S/C16H18FNO2/c1-11-3-5-13(6-4-11)10-19-14-7-8-15(12(2)20-18)16(17)9-14/h3-9,12H,10,18H2,1-2H3. The molecule has 0 spiro atoms. The van der Waals surface area contributed by atoms with Gasteiger partial charge >= 0.3 is 0 Å². The minimum absolute atomic E-state index is 0.385. The van der Waals surface area contributed by atoms with Crippen LogP contribution in [0.3, 0.4) is 0 Å². The Bertz CT molecular complexity index is 569. The SMILES string of the molecule is Cc1ccc(COc2ccc(C(C)ON)c(F)c2)cc1. The first-order chi connectivity index (χ1) is 9.60. The van der Waals surface area contributed by atoms with Crippen LogP contribution in [0.15, 0.2) is 42.5 Å². The maximum Gasteiger partial charge on any atom is 0.132 e. The van der Waals surface area contributed by atoms with Crippen LogP contribution in [0.2, 0.25) is 0 Å². The molecule has 0 heterocycles. The fraction of sp³-hybridized carbons (Fsp3) is 0.250. The van der Waals surface area contributed by atoms with E-state index in [4.69, 9.17) is 10.6 Å². The second kappa shape index (κ2) is 6.50. The van der Waals surface area contributed by atoms with Crippen molar-refractivity contribution in [3.05, 3.63) is 65.0 Å². The van der Waals surface area contributed by atoms with Crippen LogP contribution in [-0.2, 0) is 11.4 Å². The van der Waals surface area contributed by atoms with Gasteiger partial charge in [0, 0.05) is 11.6 Å². The topological polar surface area (TPSA) is 44.5 Å². The third-order valence-electron chi connectivity index (χ3n) is 3.14. The van der Waals surface area contributed by atoms with Gasteiger partial charge in [-0.3, -0.25) is 4.84 Å². The molecule has 0 aliphatic carbocycles. The zero-order valence-electron chi connectivity index (χ0n) is 11.6. The van der Waals surface area contributed by atoms with Crippen molar-refractivity contribution in [2.45, 2.75) is 26.6 Å². The summed E-state index contributed by atoms with van der Waals surface area (Å²) in [5.74, 6) is 5.16. The first kappa shape index (κ1) is 14.5. The summed E-state index contributed by atoms with van der Waals surface area (Å²) in [5, 5.41) is 0. The lowest BCUT2D eigenvalue weighted by Crippen LogP contribution is -2.07. The summed E-state index contributed by atoms with van der Waals surface area (Å²) in [4.78, 5) is 4.62. The Balaban J connectivity index is 2.03. The van der Waals surface area contributed by atoms with Gasteiger partial charge in [0.05, 0.1) is 0 Å². The van der Waals surface area contributed by atoms with Gasteiger partial charge in [-0.2, -0.15) is 0 Å². The zero-order valence-corrected chi connectivity index (χ0v) is 11.6. The summed E-state index contributed by atoms with van der Waals surface area (Å²) >= 11 is 0. The van der Waals surface area contributed by atoms with Crippen LogP contribution < -0.4 is 10.6 Å². The molecule has 0 aliphatic heterocycles. The molecule has 4 heteroatoms. The van der Waals surface area contributed by atoms with Crippen molar-refractivity contribution in [3.8, 4) is 5.75 Å². The van der Waals surface area contributed by atoms with Gasteiger partial charge in [-0.05, 0) is 31.5 Å². The molecule has 0 amide bonds. The molecule has 106 valence electrons. The van der Waals surface area contributed by atoms with E-state index in [1.165, 1.54) is 11.6 Å². The van der Waals surface area contributed by atoms with Crippen molar-refractivity contribution in [1.29, 1.82) is 0 Å². The Hall–Kier alpha value is -1.91. The van der Waals surface area contributed by atoms with E-state index in [1.807, 2.05) is 31.2 Å². The Morgan fingerprint density at radius 3 is 2.45 bits per heavy atom. The van der Waals surface area contributed by atoms with Gasteiger partial charge in [-0.1, -0.05) is 29.8 Å². The number of hydrogen-bond acceptors (Lipinski definition) is 3. The fourth-order valence-corrected chi connectivity index (χ4v) is 1.85. The monoisotopic (exact) mass is 275 g/mol. The van der Waals surface area contributed by atoms with E-state index in [0.29, 0.717) is 17.9 Å². The molecule has 0 aromatic heterocycles. The maximum absolute atomic E-state index is 13.9. The van der Waals surface area contributed by atoms with Gasteiger partial charge in [0.25, 0.3) is 0 Å². The lowest BCUT2D eigenvalue weighted by molar-refractivity contribution is 0.0638. The van der Waals surface area contributed by atoms with E-state index in [1.54, 1.807) is 19.1 Å². The third-order valence-corrected chi connectivity index (χ3v) is 3.14. The molecule has 2 aromatic carbocycles. The zero-order chi connectivity index (χ0) is 14.5. The van der Waals surface area contributed by atoms with Crippen molar-refractivity contribution in [2.75, 3.05) is 0 Å². The second-order valence-corrected chi connectivity index (χ2v) is 4.74. The Morgan fingerprint density at radius 2 is 1.85 bits per heavy atom. The number of aryl methyl sites for hydroxylation is 1. The van der Waals surface area contributed by atoms with Crippen LogP contribution in [0.1, 0.15) is 29.7 Å². The highest BCUT2D eigenvalue weighted by Gasteiger charge is 2.11. The molecule has 2 aromatic rings. The van der Waals surface area contributed by atoms with Crippen molar-refractivity contribution in [1.82, 2.24) is 0 Å². The highest BCUT2D eigenvalue weighted by atomic mass is 19.1. The lowest BCUT2D eigenvalue weighted by Gasteiger charge is -2.12. The minimum Gasteiger partial charge on any atom is -0.489 e. The molecule has 0 saturated carbocycles. The average molecular weight is 275 g/mol. The largest absolute Gasteiger partial charge is 0.489 e. The summed E-state index contributed by atoms with van der Waals surface area (Å²) in [6.45, 7) is 4.12. The van der Waals surface area contributed by atoms with Gasteiger partial charge in [0.2, 0.25) is 0 Å². The molecular formula is C16H18FNO2. The van der Waals surface area contributed by atoms with Crippen molar-refractivity contribution < 1.29 is 14.0 Å². The normalized spacial score (nSPS) is 12.2. The average Bonchev–Trinajstić information content (AvgIpc) is 2.46. The third kappa shape index (κ3) is 3.56. The first-order valence-electron chi connectivity index (χ1n) is 6.43. The number of benzene rings is 2. The van der Waals surface area contributed by atoms with Crippen LogP contribution in [0, 0.1) is 12.7 Å². The smallest absolute Gasteiger partial charge is 0.132 e. The Morgan fingerprint density at radius 1 is 1.15 bits per heavy atom. The summed E-state index contributed by atoms with van der Waals surface area (Å²) in [5.41, 5.74) is 2.65. The molecule has 2 rings (SSSR count). The van der Waals surface area contributed by atoms with Crippen molar-refractivity contribution in [2.24, 2.45) is 5.90 Å². The molecule has 0 bridgehead atoms. The molecule has 0 aliphatic rings. The van der Waals surface area contributed by atoms with Gasteiger partial charge in [0.1, 0.15) is 24.3 Å². The Labute approximate surface area is 118 Å². The van der Waals surface area contributed by atoms with Crippen LogP contribution in [-0.4, -0.2) is 0 Å². The van der Waals surface area contributed by atoms with E-state index < -0.39 is 6.10 Å². The molecule has 20 heavy (non-hydrogen) atoms. The lowest BCUT2D eigenvalue weighted by atomic mass is 10.1. The first-order valence-corrected chi connectivity index (χ1v) is 6.43. The quantitative estimate of drug-likeness (QED) is 0.847. The van der Waals surface area contributed by atoms with Crippen LogP contribution in [0.5, 0.6) is 5.75 Å². The molecule has 1 unspecified atom stereocenters. The number of rotatable bonds is 5. The maximum atomic E-state index is 13.9. The molecule has 2 N–H and O–H groups in total. The van der Waals surface area contributed by atoms with E-state index in [2.05, 4.69) is 4.84 Å². The number of ether oxygens (including phenoxy) is 1. The van der Waals surface area contributed by atoms with Gasteiger partial charge in [-0.15, -0.1) is 0 Å². The van der Waals surface area contributed by atoms with Crippen LogP contribution >= 0.6 is 0 Å². The van der Waals surface area contributed by atoms with E-state index in [0.717, 1.165) is 5.56 Å².